The number of esters is 2. The Bertz CT molecular complexity index is 1470. The van der Waals surface area contributed by atoms with Crippen LogP contribution >= 0.6 is 7.82 Å². The fourth-order valence-electron chi connectivity index (χ4n) is 9.16. The number of hydrogen-bond acceptors (Lipinski definition) is 8. The van der Waals surface area contributed by atoms with Gasteiger partial charge in [0.25, 0.3) is 7.82 Å². The minimum atomic E-state index is -4.64. The first-order valence-corrected chi connectivity index (χ1v) is 33.5. The summed E-state index contributed by atoms with van der Waals surface area (Å²) in [6, 6.07) is 0. The Kier molecular flexibility index (Phi) is 55.7. The van der Waals surface area contributed by atoms with E-state index in [1.807, 2.05) is 21.1 Å². The molecule has 0 amide bonds. The van der Waals surface area contributed by atoms with Gasteiger partial charge in [0.05, 0.1) is 27.7 Å². The van der Waals surface area contributed by atoms with E-state index in [4.69, 9.17) is 18.5 Å². The summed E-state index contributed by atoms with van der Waals surface area (Å²) in [6.45, 7) is 4.15. The molecule has 0 aliphatic carbocycles. The predicted octanol–water partition coefficient (Wildman–Crippen LogP) is 19.6. The largest absolute Gasteiger partial charge is 0.756 e. The van der Waals surface area contributed by atoms with Gasteiger partial charge in [-0.3, -0.25) is 14.2 Å². The molecule has 0 spiro atoms. The molecule has 0 radical (unpaired) electrons. The first kappa shape index (κ1) is 73.7. The first-order chi connectivity index (χ1) is 37.0. The number of phosphoric acid groups is 1. The summed E-state index contributed by atoms with van der Waals surface area (Å²) < 4.78 is 34.2. The van der Waals surface area contributed by atoms with Crippen molar-refractivity contribution in [3.8, 4) is 0 Å². The van der Waals surface area contributed by atoms with E-state index in [0.717, 1.165) is 77.0 Å². The van der Waals surface area contributed by atoms with Gasteiger partial charge in [-0.1, -0.05) is 286 Å². The number of phosphoric ester groups is 1. The van der Waals surface area contributed by atoms with Crippen molar-refractivity contribution in [1.29, 1.82) is 0 Å². The van der Waals surface area contributed by atoms with Crippen molar-refractivity contribution in [1.82, 2.24) is 0 Å². The van der Waals surface area contributed by atoms with E-state index in [0.29, 0.717) is 17.4 Å². The van der Waals surface area contributed by atoms with Crippen LogP contribution in [0.3, 0.4) is 0 Å². The number of rotatable bonds is 59. The number of nitrogens with zero attached hydrogens (tertiary/aromatic N) is 1. The van der Waals surface area contributed by atoms with Gasteiger partial charge in [-0.2, -0.15) is 0 Å². The van der Waals surface area contributed by atoms with Crippen LogP contribution in [0.25, 0.3) is 0 Å². The molecule has 0 aromatic carbocycles. The number of unbranched alkanes of at least 4 members (excludes halogenated alkanes) is 35. The molecule has 0 heterocycles. The average Bonchev–Trinajstić information content (AvgIpc) is 3.38. The summed E-state index contributed by atoms with van der Waals surface area (Å²) in [4.78, 5) is 38.0. The van der Waals surface area contributed by atoms with E-state index < -0.39 is 26.5 Å². The maximum atomic E-state index is 12.8. The van der Waals surface area contributed by atoms with Gasteiger partial charge in [0.15, 0.2) is 6.10 Å². The summed E-state index contributed by atoms with van der Waals surface area (Å²) >= 11 is 0. The van der Waals surface area contributed by atoms with Crippen LogP contribution in [-0.4, -0.2) is 70.0 Å². The lowest BCUT2D eigenvalue weighted by atomic mass is 10.0. The van der Waals surface area contributed by atoms with Gasteiger partial charge in [-0.25, -0.2) is 0 Å². The highest BCUT2D eigenvalue weighted by Gasteiger charge is 2.22. The molecule has 9 nitrogen and oxygen atoms in total. The Morgan fingerprint density at radius 3 is 1.12 bits per heavy atom. The van der Waals surface area contributed by atoms with Crippen LogP contribution in [0.15, 0.2) is 60.8 Å². The lowest BCUT2D eigenvalue weighted by Gasteiger charge is -2.28. The second-order valence-electron chi connectivity index (χ2n) is 22.8. The highest BCUT2D eigenvalue weighted by Crippen LogP contribution is 2.38. The van der Waals surface area contributed by atoms with Crippen molar-refractivity contribution in [2.45, 2.75) is 302 Å². The zero-order chi connectivity index (χ0) is 55.6. The second-order valence-corrected chi connectivity index (χ2v) is 24.2. The molecule has 0 aliphatic heterocycles. The number of quaternary nitrogens is 1. The average molecular weight is 1090 g/mol. The third kappa shape index (κ3) is 60.9. The maximum absolute atomic E-state index is 12.8. The highest BCUT2D eigenvalue weighted by molar-refractivity contribution is 7.45. The Labute approximate surface area is 470 Å². The minimum Gasteiger partial charge on any atom is -0.756 e. The van der Waals surface area contributed by atoms with E-state index in [2.05, 4.69) is 74.6 Å². The molecule has 444 valence electrons. The topological polar surface area (TPSA) is 111 Å². The number of carbonyl (C=O) groups is 2. The Hall–Kier alpha value is -2.29. The summed E-state index contributed by atoms with van der Waals surface area (Å²) in [6.07, 6.45) is 74.3. The monoisotopic (exact) mass is 1090 g/mol. The van der Waals surface area contributed by atoms with Crippen LogP contribution in [0.1, 0.15) is 296 Å². The number of allylic oxidation sites excluding steroid dienone is 10. The molecule has 0 aromatic rings. The Morgan fingerprint density at radius 1 is 0.421 bits per heavy atom. The predicted molar refractivity (Wildman–Crippen MR) is 323 cm³/mol. The van der Waals surface area contributed by atoms with Gasteiger partial charge in [-0.15, -0.1) is 0 Å². The molecule has 2 unspecified atom stereocenters. The lowest BCUT2D eigenvalue weighted by molar-refractivity contribution is -0.870. The molecule has 0 fully saturated rings. The van der Waals surface area contributed by atoms with Gasteiger partial charge in [-0.05, 0) is 57.8 Å². The molecule has 0 saturated carbocycles. The van der Waals surface area contributed by atoms with Gasteiger partial charge in [0.2, 0.25) is 0 Å². The van der Waals surface area contributed by atoms with Gasteiger partial charge in [0.1, 0.15) is 19.8 Å². The van der Waals surface area contributed by atoms with E-state index >= 15 is 0 Å². The summed E-state index contributed by atoms with van der Waals surface area (Å²) in [5.41, 5.74) is 0. The SMILES string of the molecule is CC/C=C\C/C=C\C/C=C\C/C=C\C/C=C\CCCCCCCCCC(=O)OC(COC(=O)CCCCCCCCCCCCCCCCCCCCCCCCCCCCCCC)COP(=O)([O-])OCC[N+](C)(C)C. The van der Waals surface area contributed by atoms with Crippen molar-refractivity contribution in [2.75, 3.05) is 47.5 Å². The molecule has 0 bridgehead atoms. The van der Waals surface area contributed by atoms with Crippen LogP contribution < -0.4 is 4.89 Å². The van der Waals surface area contributed by atoms with Crippen LogP contribution in [0.4, 0.5) is 0 Å². The molecule has 10 heteroatoms. The number of ether oxygens (including phenoxy) is 2. The fraction of sp³-hybridized carbons (Fsp3) is 0.818. The minimum absolute atomic E-state index is 0.0340. The van der Waals surface area contributed by atoms with Crippen molar-refractivity contribution in [3.63, 3.8) is 0 Å². The van der Waals surface area contributed by atoms with E-state index in [9.17, 15) is 19.0 Å². The molecular formula is C66H122NO8P. The second kappa shape index (κ2) is 57.4. The van der Waals surface area contributed by atoms with Crippen molar-refractivity contribution < 1.29 is 42.1 Å². The maximum Gasteiger partial charge on any atom is 0.306 e. The van der Waals surface area contributed by atoms with Crippen molar-refractivity contribution in [3.05, 3.63) is 60.8 Å². The van der Waals surface area contributed by atoms with E-state index in [1.54, 1.807) is 0 Å². The smallest absolute Gasteiger partial charge is 0.306 e. The van der Waals surface area contributed by atoms with Gasteiger partial charge in [0, 0.05) is 12.8 Å². The highest BCUT2D eigenvalue weighted by atomic mass is 31.2. The number of carbonyl (C=O) groups excluding carboxylic acids is 2. The molecule has 0 N–H and O–H groups in total. The zero-order valence-electron chi connectivity index (χ0n) is 50.5. The molecule has 0 saturated heterocycles. The quantitative estimate of drug-likeness (QED) is 0.0195. The fourth-order valence-corrected chi connectivity index (χ4v) is 9.89. The number of likely N-dealkylation sites (N-methyl/N-ethyl adjacent to an activating group) is 1. The molecule has 2 atom stereocenters. The Balaban J connectivity index is 4.08. The van der Waals surface area contributed by atoms with Crippen LogP contribution in [-0.2, 0) is 32.7 Å². The molecule has 0 aromatic heterocycles. The normalized spacial score (nSPS) is 13.6. The van der Waals surface area contributed by atoms with Gasteiger partial charge < -0.3 is 27.9 Å². The number of hydrogen-bond donors (Lipinski definition) is 0. The van der Waals surface area contributed by atoms with Crippen molar-refractivity contribution >= 4 is 19.8 Å². The van der Waals surface area contributed by atoms with Crippen molar-refractivity contribution in [2.24, 2.45) is 0 Å². The standard InChI is InChI=1S/C66H122NO8P/c1-6-8-10-12-14-16-18-20-22-24-26-28-30-31-32-33-34-35-37-38-40-42-44-46-48-50-52-54-56-58-65(68)72-62-64(63-74-76(70,71)73-61-60-67(3,4)5)75-66(69)59-57-55-53-51-49-47-45-43-41-39-36-29-27-25-23-21-19-17-15-13-11-9-7-2/h9,11,15,17,21,23,27,29,39,41,64H,6-8,10,12-14,16,18-20,22,24-26,28,30-38,40,42-63H2,1-5H3/b11-9-,17-15-,23-21-,29-27-,41-39-. The zero-order valence-corrected chi connectivity index (χ0v) is 51.3. The third-order valence-corrected chi connectivity index (χ3v) is 15.0. The van der Waals surface area contributed by atoms with E-state index in [1.165, 1.54) is 186 Å². The van der Waals surface area contributed by atoms with E-state index in [-0.39, 0.29) is 32.0 Å². The lowest BCUT2D eigenvalue weighted by Crippen LogP contribution is -2.37. The summed E-state index contributed by atoms with van der Waals surface area (Å²) in [5, 5.41) is 0. The molecule has 0 rings (SSSR count). The summed E-state index contributed by atoms with van der Waals surface area (Å²) in [5.74, 6) is -0.835. The molecule has 76 heavy (non-hydrogen) atoms. The first-order valence-electron chi connectivity index (χ1n) is 32.0. The van der Waals surface area contributed by atoms with Crippen LogP contribution in [0, 0.1) is 0 Å². The van der Waals surface area contributed by atoms with Crippen LogP contribution in [0.5, 0.6) is 0 Å². The van der Waals surface area contributed by atoms with Gasteiger partial charge >= 0.3 is 11.9 Å². The third-order valence-electron chi connectivity index (χ3n) is 14.1. The van der Waals surface area contributed by atoms with Crippen LogP contribution in [0.2, 0.25) is 0 Å². The Morgan fingerprint density at radius 2 is 0.750 bits per heavy atom. The molecular weight excluding hydrogens is 966 g/mol. The molecule has 0 aliphatic rings. The summed E-state index contributed by atoms with van der Waals surface area (Å²) in [7, 11) is 1.16.